The minimum Gasteiger partial charge on any atom is -0.478 e. The number of benzene rings is 1. The van der Waals surface area contributed by atoms with Crippen LogP contribution in [0.25, 0.3) is 0 Å². The van der Waals surface area contributed by atoms with Crippen molar-refractivity contribution in [1.82, 2.24) is 5.16 Å². The largest absolute Gasteiger partial charge is 0.478 e. The van der Waals surface area contributed by atoms with Gasteiger partial charge in [-0.05, 0) is 50.5 Å². The summed E-state index contributed by atoms with van der Waals surface area (Å²) in [5.74, 6) is -1.04. The molecule has 27 heavy (non-hydrogen) atoms. The van der Waals surface area contributed by atoms with Crippen molar-refractivity contribution in [2.24, 2.45) is 0 Å². The van der Waals surface area contributed by atoms with Gasteiger partial charge < -0.3 is 14.9 Å². The average Bonchev–Trinajstić information content (AvgIpc) is 3.24. The molecule has 1 aliphatic rings. The fourth-order valence-electron chi connectivity index (χ4n) is 2.77. The molecule has 9 nitrogen and oxygen atoms in total. The summed E-state index contributed by atoms with van der Waals surface area (Å²) in [5, 5.41) is 15.3. The Morgan fingerprint density at radius 2 is 1.81 bits per heavy atom. The number of amides is 1. The van der Waals surface area contributed by atoms with Gasteiger partial charge in [-0.3, -0.25) is 9.52 Å². The quantitative estimate of drug-likeness (QED) is 0.686. The minimum absolute atomic E-state index is 0.0209. The Bertz CT molecular complexity index is 1020. The van der Waals surface area contributed by atoms with E-state index >= 15 is 0 Å². The fraction of sp³-hybridized carbons (Fsp3) is 0.235. The van der Waals surface area contributed by atoms with E-state index in [1.54, 1.807) is 6.92 Å². The van der Waals surface area contributed by atoms with Crippen molar-refractivity contribution in [3.63, 3.8) is 0 Å². The molecule has 10 heteroatoms. The lowest BCUT2D eigenvalue weighted by atomic mass is 10.1. The second-order valence-electron chi connectivity index (χ2n) is 6.02. The Morgan fingerprint density at radius 3 is 2.41 bits per heavy atom. The molecular weight excluding hydrogens is 374 g/mol. The van der Waals surface area contributed by atoms with E-state index in [1.807, 2.05) is 0 Å². The summed E-state index contributed by atoms with van der Waals surface area (Å²) in [6.07, 6.45) is 1.39. The number of sulfonamides is 1. The number of hydrogen-bond acceptors (Lipinski definition) is 6. The van der Waals surface area contributed by atoms with Crippen molar-refractivity contribution >= 4 is 33.4 Å². The predicted octanol–water partition coefficient (Wildman–Crippen LogP) is 2.29. The smallest absolute Gasteiger partial charge is 0.332 e. The van der Waals surface area contributed by atoms with Gasteiger partial charge in [-0.1, -0.05) is 5.16 Å². The summed E-state index contributed by atoms with van der Waals surface area (Å²) in [5.41, 5.74) is 0.737. The molecule has 3 N–H and O–H groups in total. The SMILES string of the molecule is Cc1cc(NS(=O)(=O)c2ccc(NC(=O)C3=C(C(=O)O)CCC3)cc2)no1. The highest BCUT2D eigenvalue weighted by atomic mass is 32.2. The van der Waals surface area contributed by atoms with E-state index in [0.717, 1.165) is 0 Å². The summed E-state index contributed by atoms with van der Waals surface area (Å²) >= 11 is 0. The van der Waals surface area contributed by atoms with E-state index < -0.39 is 21.9 Å². The van der Waals surface area contributed by atoms with Crippen molar-refractivity contribution in [2.45, 2.75) is 31.1 Å². The van der Waals surface area contributed by atoms with Crippen LogP contribution in [0.15, 0.2) is 50.9 Å². The third-order valence-corrected chi connectivity index (χ3v) is 5.41. The average molecular weight is 391 g/mol. The number of aromatic nitrogens is 1. The zero-order valence-electron chi connectivity index (χ0n) is 14.4. The summed E-state index contributed by atoms with van der Waals surface area (Å²) in [7, 11) is -3.85. The van der Waals surface area contributed by atoms with Gasteiger partial charge in [0.2, 0.25) is 0 Å². The van der Waals surface area contributed by atoms with Crippen molar-refractivity contribution in [2.75, 3.05) is 10.0 Å². The first-order chi connectivity index (χ1) is 12.8. The summed E-state index contributed by atoms with van der Waals surface area (Å²) in [4.78, 5) is 23.4. The highest BCUT2D eigenvalue weighted by molar-refractivity contribution is 7.92. The molecule has 0 fully saturated rings. The second kappa shape index (κ2) is 7.23. The highest BCUT2D eigenvalue weighted by Gasteiger charge is 2.25. The molecule has 1 aromatic heterocycles. The normalized spacial score (nSPS) is 14.3. The Morgan fingerprint density at radius 1 is 1.15 bits per heavy atom. The minimum atomic E-state index is -3.85. The fourth-order valence-corrected chi connectivity index (χ4v) is 3.75. The molecule has 1 amide bonds. The number of rotatable bonds is 6. The molecular formula is C17H17N3O6S. The molecule has 0 spiro atoms. The van der Waals surface area contributed by atoms with Gasteiger partial charge in [-0.15, -0.1) is 0 Å². The number of anilines is 2. The zero-order chi connectivity index (χ0) is 19.6. The van der Waals surface area contributed by atoms with Gasteiger partial charge in [0.15, 0.2) is 5.82 Å². The van der Waals surface area contributed by atoms with Crippen LogP contribution in [-0.2, 0) is 19.6 Å². The van der Waals surface area contributed by atoms with Crippen LogP contribution in [0.2, 0.25) is 0 Å². The molecule has 0 aliphatic heterocycles. The van der Waals surface area contributed by atoms with E-state index in [2.05, 4.69) is 15.2 Å². The van der Waals surface area contributed by atoms with Crippen LogP contribution in [0.3, 0.4) is 0 Å². The topological polar surface area (TPSA) is 139 Å². The van der Waals surface area contributed by atoms with Crippen molar-refractivity contribution < 1.29 is 27.6 Å². The third kappa shape index (κ3) is 4.17. The van der Waals surface area contributed by atoms with Gasteiger partial charge in [0.05, 0.1) is 4.90 Å². The maximum Gasteiger partial charge on any atom is 0.332 e. The van der Waals surface area contributed by atoms with E-state index in [9.17, 15) is 18.0 Å². The zero-order valence-corrected chi connectivity index (χ0v) is 15.2. The van der Waals surface area contributed by atoms with Crippen LogP contribution in [0.1, 0.15) is 25.0 Å². The Labute approximate surface area is 155 Å². The number of carboxylic acid groups (broad SMARTS) is 1. The molecule has 0 saturated carbocycles. The molecule has 1 heterocycles. The first-order valence-corrected chi connectivity index (χ1v) is 9.57. The van der Waals surface area contributed by atoms with Crippen LogP contribution in [-0.4, -0.2) is 30.6 Å². The molecule has 0 atom stereocenters. The summed E-state index contributed by atoms with van der Waals surface area (Å²) in [6.45, 7) is 1.64. The first kappa shape index (κ1) is 18.6. The van der Waals surface area contributed by atoms with Crippen LogP contribution >= 0.6 is 0 Å². The standard InChI is InChI=1S/C17H17N3O6S/c1-10-9-15(19-26-10)20-27(24,25)12-7-5-11(6-8-12)18-16(21)13-3-2-4-14(13)17(22)23/h5-9H,2-4H2,1H3,(H,18,21)(H,19,20)(H,22,23). The van der Waals surface area contributed by atoms with Crippen molar-refractivity contribution in [3.05, 3.63) is 47.2 Å². The second-order valence-corrected chi connectivity index (χ2v) is 7.71. The maximum atomic E-state index is 12.3. The van der Waals surface area contributed by atoms with Gasteiger partial charge in [0, 0.05) is 22.9 Å². The van der Waals surface area contributed by atoms with E-state index in [0.29, 0.717) is 30.7 Å². The molecule has 0 saturated heterocycles. The summed E-state index contributed by atoms with van der Waals surface area (Å²) in [6, 6.07) is 6.95. The van der Waals surface area contributed by atoms with Crippen molar-refractivity contribution in [1.29, 1.82) is 0 Å². The monoisotopic (exact) mass is 391 g/mol. The highest BCUT2D eigenvalue weighted by Crippen LogP contribution is 2.27. The van der Waals surface area contributed by atoms with Gasteiger partial charge >= 0.3 is 5.97 Å². The lowest BCUT2D eigenvalue weighted by Crippen LogP contribution is -2.17. The lowest BCUT2D eigenvalue weighted by Gasteiger charge is -2.09. The van der Waals surface area contributed by atoms with Gasteiger partial charge in [-0.2, -0.15) is 0 Å². The number of carbonyl (C=O) groups is 2. The maximum absolute atomic E-state index is 12.3. The van der Waals surface area contributed by atoms with E-state index in [-0.39, 0.29) is 21.9 Å². The molecule has 142 valence electrons. The Balaban J connectivity index is 1.72. The van der Waals surface area contributed by atoms with E-state index in [1.165, 1.54) is 30.3 Å². The van der Waals surface area contributed by atoms with Gasteiger partial charge in [-0.25, -0.2) is 13.2 Å². The van der Waals surface area contributed by atoms with Gasteiger partial charge in [0.25, 0.3) is 15.9 Å². The molecule has 3 rings (SSSR count). The Hall–Kier alpha value is -3.14. The molecule has 0 radical (unpaired) electrons. The molecule has 2 aromatic rings. The molecule has 1 aromatic carbocycles. The first-order valence-electron chi connectivity index (χ1n) is 8.09. The number of hydrogen-bond donors (Lipinski definition) is 3. The number of aryl methyl sites for hydroxylation is 1. The van der Waals surface area contributed by atoms with Crippen LogP contribution in [0.5, 0.6) is 0 Å². The summed E-state index contributed by atoms with van der Waals surface area (Å²) < 4.78 is 31.7. The van der Waals surface area contributed by atoms with Gasteiger partial charge in [0.1, 0.15) is 5.76 Å². The van der Waals surface area contributed by atoms with Crippen molar-refractivity contribution in [3.8, 4) is 0 Å². The number of carboxylic acids is 1. The van der Waals surface area contributed by atoms with E-state index in [4.69, 9.17) is 9.63 Å². The molecule has 0 unspecified atom stereocenters. The predicted molar refractivity (Wildman–Crippen MR) is 95.6 cm³/mol. The number of nitrogens with zero attached hydrogens (tertiary/aromatic N) is 1. The number of aliphatic carboxylic acids is 1. The third-order valence-electron chi connectivity index (χ3n) is 4.04. The Kier molecular flexibility index (Phi) is 5.00. The van der Waals surface area contributed by atoms with Crippen LogP contribution < -0.4 is 10.0 Å². The van der Waals surface area contributed by atoms with Crippen LogP contribution in [0, 0.1) is 6.92 Å². The number of carbonyl (C=O) groups excluding carboxylic acids is 1. The molecule has 0 bridgehead atoms. The lowest BCUT2D eigenvalue weighted by molar-refractivity contribution is -0.133. The number of nitrogens with one attached hydrogen (secondary N) is 2. The molecule has 1 aliphatic carbocycles. The van der Waals surface area contributed by atoms with Crippen LogP contribution in [0.4, 0.5) is 11.5 Å².